The van der Waals surface area contributed by atoms with E-state index in [4.69, 9.17) is 22.3 Å². The van der Waals surface area contributed by atoms with Crippen molar-refractivity contribution < 1.29 is 25.0 Å². The van der Waals surface area contributed by atoms with Crippen molar-refractivity contribution in [2.24, 2.45) is 11.1 Å². The lowest BCUT2D eigenvalue weighted by molar-refractivity contribution is -0.138. The number of aliphatic hydroxyl groups is 1. The lowest BCUT2D eigenvalue weighted by Crippen LogP contribution is -2.34. The Labute approximate surface area is 347 Å². The molecule has 1 aliphatic carbocycles. The van der Waals surface area contributed by atoms with E-state index in [-0.39, 0.29) is 17.1 Å². The maximum absolute atomic E-state index is 11.5. The van der Waals surface area contributed by atoms with E-state index in [2.05, 4.69) is 42.5 Å². The summed E-state index contributed by atoms with van der Waals surface area (Å²) in [5.74, 6) is 0.122. The van der Waals surface area contributed by atoms with E-state index in [1.807, 2.05) is 104 Å². The van der Waals surface area contributed by atoms with Crippen LogP contribution in [0.5, 0.6) is 0 Å². The molecule has 5 N–H and O–H groups in total. The van der Waals surface area contributed by atoms with Gasteiger partial charge in [0.25, 0.3) is 0 Å². The first-order valence-corrected chi connectivity index (χ1v) is 21.2. The van der Waals surface area contributed by atoms with Crippen LogP contribution in [0.4, 0.5) is 4.79 Å². The zero-order valence-electron chi connectivity index (χ0n) is 32.3. The predicted octanol–water partition coefficient (Wildman–Crippen LogP) is 11.7. The molecule has 11 heteroatoms. The van der Waals surface area contributed by atoms with Crippen LogP contribution in [-0.4, -0.2) is 43.2 Å². The van der Waals surface area contributed by atoms with Crippen molar-refractivity contribution in [2.45, 2.75) is 69.8 Å². The highest BCUT2D eigenvalue weighted by Crippen LogP contribution is 2.53. The Morgan fingerprint density at radius 2 is 1.70 bits per heavy atom. The molecule has 0 saturated heterocycles. The summed E-state index contributed by atoms with van der Waals surface area (Å²) in [6.07, 6.45) is 8.02. The average molecular weight is 822 g/mol. The van der Waals surface area contributed by atoms with Crippen LogP contribution in [-0.2, 0) is 16.8 Å². The van der Waals surface area contributed by atoms with Gasteiger partial charge in [-0.1, -0.05) is 96.5 Å². The number of carboxylic acid groups (broad SMARTS) is 1. The maximum Gasteiger partial charge on any atom is 0.339 e. The van der Waals surface area contributed by atoms with E-state index in [1.54, 1.807) is 18.3 Å². The number of nitrogens with zero attached hydrogens (tertiary/aromatic N) is 2. The van der Waals surface area contributed by atoms with Crippen LogP contribution < -0.4 is 5.73 Å². The van der Waals surface area contributed by atoms with Gasteiger partial charge < -0.3 is 15.9 Å². The number of benzene rings is 4. The summed E-state index contributed by atoms with van der Waals surface area (Å²) in [5.41, 5.74) is 10.2. The molecule has 0 radical (unpaired) electrons. The molecule has 2 aromatic heterocycles. The van der Waals surface area contributed by atoms with Crippen LogP contribution >= 0.6 is 34.7 Å². The molecule has 1 saturated carbocycles. The number of hydroxylamine groups is 2. The van der Waals surface area contributed by atoms with Crippen molar-refractivity contribution in [1.82, 2.24) is 10.0 Å². The molecule has 0 aliphatic heterocycles. The molecule has 2 amide bonds. The minimum absolute atomic E-state index is 0.0814. The Kier molecular flexibility index (Phi) is 13.4. The van der Waals surface area contributed by atoms with Crippen molar-refractivity contribution >= 4 is 79.8 Å². The topological polar surface area (TPSA) is 137 Å². The van der Waals surface area contributed by atoms with Crippen LogP contribution in [0.15, 0.2) is 109 Å². The highest BCUT2D eigenvalue weighted by atomic mass is 35.5. The molecule has 296 valence electrons. The number of hydrogen-bond acceptors (Lipinski definition) is 7. The fraction of sp³-hybridized carbons (Fsp3) is 0.283. The molecular formula is C46H48ClN3O5S2. The highest BCUT2D eigenvalue weighted by Gasteiger charge is 2.44. The molecule has 1 fully saturated rings. The van der Waals surface area contributed by atoms with Crippen molar-refractivity contribution in [3.05, 3.63) is 147 Å². The van der Waals surface area contributed by atoms with Crippen molar-refractivity contribution in [1.29, 1.82) is 0 Å². The number of thiophene rings is 1. The molecular weight excluding hydrogens is 774 g/mol. The first kappa shape index (κ1) is 41.9. The number of pyridine rings is 1. The molecule has 1 unspecified atom stereocenters. The number of primary amides is 1. The van der Waals surface area contributed by atoms with Crippen LogP contribution in [0.1, 0.15) is 90.6 Å². The number of aromatic nitrogens is 1. The number of hydrogen-bond donors (Lipinski definition) is 4. The number of carboxylic acids is 1. The summed E-state index contributed by atoms with van der Waals surface area (Å²) < 4.78 is 1.13. The molecule has 8 nitrogen and oxygen atoms in total. The average Bonchev–Trinajstić information content (AvgIpc) is 3.80. The van der Waals surface area contributed by atoms with Gasteiger partial charge in [0.15, 0.2) is 0 Å². The van der Waals surface area contributed by atoms with Gasteiger partial charge in [0.1, 0.15) is 0 Å². The van der Waals surface area contributed by atoms with Crippen molar-refractivity contribution in [3.63, 3.8) is 0 Å². The fourth-order valence-electron chi connectivity index (χ4n) is 6.88. The molecule has 4 aromatic carbocycles. The Hall–Kier alpha value is -4.71. The number of nitrogens with two attached hydrogens (primary N) is 1. The van der Waals surface area contributed by atoms with Gasteiger partial charge in [-0.15, -0.1) is 11.3 Å². The number of carbonyl (C=O) groups is 2. The number of rotatable bonds is 14. The molecule has 57 heavy (non-hydrogen) atoms. The Morgan fingerprint density at radius 3 is 2.42 bits per heavy atom. The lowest BCUT2D eigenvalue weighted by Gasteiger charge is -2.24. The van der Waals surface area contributed by atoms with Gasteiger partial charge in [0, 0.05) is 31.0 Å². The second-order valence-electron chi connectivity index (χ2n) is 15.2. The predicted molar refractivity (Wildman–Crippen MR) is 235 cm³/mol. The Balaban J connectivity index is 0.000000286. The van der Waals surface area contributed by atoms with Gasteiger partial charge in [0.2, 0.25) is 0 Å². The van der Waals surface area contributed by atoms with Gasteiger partial charge in [-0.3, -0.25) is 10.0 Å². The van der Waals surface area contributed by atoms with Gasteiger partial charge >= 0.3 is 12.0 Å². The number of halogens is 1. The number of thioether (sulfide) groups is 1. The molecule has 0 bridgehead atoms. The largest absolute Gasteiger partial charge is 0.481 e. The number of aliphatic carboxylic acids is 1. The third-order valence-corrected chi connectivity index (χ3v) is 13.5. The Morgan fingerprint density at radius 1 is 0.965 bits per heavy atom. The highest BCUT2D eigenvalue weighted by molar-refractivity contribution is 7.99. The van der Waals surface area contributed by atoms with Crippen LogP contribution in [0, 0.1) is 5.41 Å². The number of fused-ring (bicyclic) bond motifs is 2. The molecule has 0 spiro atoms. The molecule has 1 aliphatic rings. The van der Waals surface area contributed by atoms with E-state index >= 15 is 0 Å². The summed E-state index contributed by atoms with van der Waals surface area (Å²) in [6, 6.07) is 35.1. The number of urea groups is 1. The summed E-state index contributed by atoms with van der Waals surface area (Å²) in [6.45, 7) is 5.39. The zero-order valence-corrected chi connectivity index (χ0v) is 34.7. The second-order valence-corrected chi connectivity index (χ2v) is 18.0. The van der Waals surface area contributed by atoms with Gasteiger partial charge in [-0.2, -0.15) is 16.8 Å². The first-order valence-electron chi connectivity index (χ1n) is 18.9. The quantitative estimate of drug-likeness (QED) is 0.0634. The summed E-state index contributed by atoms with van der Waals surface area (Å²) >= 11 is 9.58. The Bertz CT molecular complexity index is 2350. The summed E-state index contributed by atoms with van der Waals surface area (Å²) in [7, 11) is 0. The van der Waals surface area contributed by atoms with Gasteiger partial charge in [-0.05, 0) is 116 Å². The summed E-state index contributed by atoms with van der Waals surface area (Å²) in [4.78, 5) is 28.0. The van der Waals surface area contributed by atoms with Crippen molar-refractivity contribution in [3.8, 4) is 0 Å². The van der Waals surface area contributed by atoms with E-state index in [0.29, 0.717) is 10.1 Å². The van der Waals surface area contributed by atoms with E-state index < -0.39 is 23.6 Å². The first-order chi connectivity index (χ1) is 27.2. The van der Waals surface area contributed by atoms with Gasteiger partial charge in [-0.25, -0.2) is 9.78 Å². The van der Waals surface area contributed by atoms with Crippen LogP contribution in [0.25, 0.3) is 33.1 Å². The smallest absolute Gasteiger partial charge is 0.339 e. The standard InChI is InChI=1S/C35H36ClNO3S.C11H12N2O2S/c1-34(2,40)30-9-4-3-7-25(30)13-17-32(41-23-35(18-19-35)22-33(38)39)27-8-5-6-24(20-27)10-15-29-16-12-26-11-14-28(36)21-31(26)37-29;1-7(13(15)11(12)14)10-6-8-4-2-3-5-9(8)16-10/h3-12,14-16,20-21,32,40H,13,17-19,22-23H2,1-2H3,(H,38,39);2-7,15H,1H3,(H2,12,14)/b15-10+;/t32-;/m1./s1. The zero-order chi connectivity index (χ0) is 40.7. The SMILES string of the molecule is CC(C)(O)c1ccccc1CC[C@@H](SCC1(CC(=O)O)CC1)c1cccc(/C=C/c2ccc3ccc(Cl)cc3n2)c1.CC(c1cc2ccccc2s1)N(O)C(N)=O. The van der Waals surface area contributed by atoms with Gasteiger partial charge in [0.05, 0.1) is 29.3 Å². The summed E-state index contributed by atoms with van der Waals surface area (Å²) in [5, 5.41) is 33.2. The monoisotopic (exact) mass is 821 g/mol. The van der Waals surface area contributed by atoms with Crippen LogP contribution in [0.3, 0.4) is 0 Å². The molecule has 2 atom stereocenters. The minimum atomic E-state index is -0.911. The lowest BCUT2D eigenvalue weighted by atomic mass is 9.90. The third-order valence-electron chi connectivity index (χ3n) is 10.3. The number of carbonyl (C=O) groups excluding carboxylic acids is 1. The molecule has 7 rings (SSSR count). The number of amides is 2. The fourth-order valence-corrected chi connectivity index (χ4v) is 9.72. The minimum Gasteiger partial charge on any atom is -0.481 e. The maximum atomic E-state index is 11.5. The number of aryl methyl sites for hydroxylation is 1. The van der Waals surface area contributed by atoms with E-state index in [9.17, 15) is 25.0 Å². The van der Waals surface area contributed by atoms with Crippen LogP contribution in [0.2, 0.25) is 5.02 Å². The van der Waals surface area contributed by atoms with E-state index in [1.165, 1.54) is 5.56 Å². The second kappa shape index (κ2) is 18.3. The van der Waals surface area contributed by atoms with Crippen molar-refractivity contribution in [2.75, 3.05) is 5.75 Å². The van der Waals surface area contributed by atoms with E-state index in [0.717, 1.165) is 79.7 Å². The molecule has 2 heterocycles. The molecule has 6 aromatic rings. The third kappa shape index (κ3) is 11.2. The normalized spacial score (nSPS) is 14.6.